The van der Waals surface area contributed by atoms with E-state index in [2.05, 4.69) is 124 Å². The van der Waals surface area contributed by atoms with Crippen molar-refractivity contribution in [1.82, 2.24) is 0 Å². The topological polar surface area (TPSA) is 155 Å². The quantitative estimate of drug-likeness (QED) is 0.0197. The fourth-order valence-electron chi connectivity index (χ4n) is 8.09. The molecule has 0 aliphatic rings. The Labute approximate surface area is 475 Å². The van der Waals surface area contributed by atoms with E-state index in [9.17, 15) is 28.9 Å². The molecule has 0 heterocycles. The summed E-state index contributed by atoms with van der Waals surface area (Å²) in [4.78, 5) is 48.7. The molecule has 0 saturated carbocycles. The van der Waals surface area contributed by atoms with Crippen LogP contribution in [0, 0.1) is 0 Å². The van der Waals surface area contributed by atoms with Gasteiger partial charge in [-0.15, -0.1) is 0 Å². The maximum absolute atomic E-state index is 12.9. The van der Waals surface area contributed by atoms with Gasteiger partial charge in [-0.2, -0.15) is 0 Å². The van der Waals surface area contributed by atoms with E-state index in [4.69, 9.17) is 23.3 Å². The van der Waals surface area contributed by atoms with Crippen LogP contribution in [0.5, 0.6) is 0 Å². The Morgan fingerprint density at radius 1 is 0.372 bits per heavy atom. The molecule has 0 aromatic carbocycles. The van der Waals surface area contributed by atoms with Gasteiger partial charge in [0.2, 0.25) is 0 Å². The number of carbonyl (C=O) groups is 3. The molecule has 3 atom stereocenters. The van der Waals surface area contributed by atoms with Crippen LogP contribution in [-0.2, 0) is 42.2 Å². The molecule has 12 heteroatoms. The van der Waals surface area contributed by atoms with Crippen molar-refractivity contribution in [3.8, 4) is 0 Å². The molecule has 0 aromatic rings. The van der Waals surface area contributed by atoms with Gasteiger partial charge in [-0.1, -0.05) is 246 Å². The van der Waals surface area contributed by atoms with E-state index in [-0.39, 0.29) is 25.9 Å². The number of ether oxygens (including phenoxy) is 3. The number of rotatable bonds is 56. The van der Waals surface area contributed by atoms with Crippen molar-refractivity contribution in [2.24, 2.45) is 0 Å². The fraction of sp³-hybridized carbons (Fsp3) is 0.682. The summed E-state index contributed by atoms with van der Waals surface area (Å²) >= 11 is 0. The van der Waals surface area contributed by atoms with Crippen molar-refractivity contribution in [2.75, 3.05) is 26.4 Å². The highest BCUT2D eigenvalue weighted by Gasteiger charge is 2.28. The highest BCUT2D eigenvalue weighted by atomic mass is 31.2. The zero-order valence-electron chi connectivity index (χ0n) is 49.3. The molecule has 446 valence electrons. The average molecular weight is 1110 g/mol. The van der Waals surface area contributed by atoms with Crippen LogP contribution in [0.4, 0.5) is 0 Å². The largest absolute Gasteiger partial charge is 0.472 e. The molecule has 0 aliphatic heterocycles. The maximum Gasteiger partial charge on any atom is 0.472 e. The van der Waals surface area contributed by atoms with Crippen molar-refractivity contribution in [3.05, 3.63) is 109 Å². The normalized spacial score (nSPS) is 14.1. The van der Waals surface area contributed by atoms with Gasteiger partial charge in [0.25, 0.3) is 0 Å². The Bertz CT molecular complexity index is 1720. The first-order valence-electron chi connectivity index (χ1n) is 30.8. The van der Waals surface area contributed by atoms with Gasteiger partial charge >= 0.3 is 25.7 Å². The van der Waals surface area contributed by atoms with Crippen molar-refractivity contribution in [3.63, 3.8) is 0 Å². The van der Waals surface area contributed by atoms with Gasteiger partial charge < -0.3 is 24.2 Å². The van der Waals surface area contributed by atoms with Crippen molar-refractivity contribution in [2.45, 2.75) is 264 Å². The summed E-state index contributed by atoms with van der Waals surface area (Å²) < 4.78 is 39.5. The Morgan fingerprint density at radius 3 is 1.06 bits per heavy atom. The molecule has 78 heavy (non-hydrogen) atoms. The van der Waals surface area contributed by atoms with Gasteiger partial charge in [-0.25, -0.2) is 4.57 Å². The predicted molar refractivity (Wildman–Crippen MR) is 325 cm³/mol. The molecule has 0 aromatic heterocycles. The summed E-state index contributed by atoms with van der Waals surface area (Å²) in [5.74, 6) is -1.56. The van der Waals surface area contributed by atoms with Crippen LogP contribution in [0.25, 0.3) is 0 Å². The van der Waals surface area contributed by atoms with Gasteiger partial charge in [-0.3, -0.25) is 23.4 Å². The minimum absolute atomic E-state index is 0.123. The third kappa shape index (κ3) is 56.8. The summed E-state index contributed by atoms with van der Waals surface area (Å²) in [5, 5.41) is 9.84. The molecule has 0 amide bonds. The molecule has 0 rings (SSSR count). The van der Waals surface area contributed by atoms with E-state index in [0.717, 1.165) is 103 Å². The molecule has 11 nitrogen and oxygen atoms in total. The monoisotopic (exact) mass is 1110 g/mol. The average Bonchev–Trinajstić information content (AvgIpc) is 3.43. The molecule has 0 bridgehead atoms. The lowest BCUT2D eigenvalue weighted by molar-refractivity contribution is -0.161. The lowest BCUT2D eigenvalue weighted by atomic mass is 10.0. The number of allylic oxidation sites excluding steroid dienone is 18. The van der Waals surface area contributed by atoms with E-state index in [0.29, 0.717) is 25.7 Å². The number of carbonyl (C=O) groups excluding carboxylic acids is 3. The summed E-state index contributed by atoms with van der Waals surface area (Å²) in [6, 6.07) is 0. The van der Waals surface area contributed by atoms with Crippen molar-refractivity contribution < 1.29 is 52.2 Å². The van der Waals surface area contributed by atoms with Crippen LogP contribution in [0.15, 0.2) is 109 Å². The second kappa shape index (κ2) is 59.3. The standard InChI is InChI=1S/C66H111O11P/c1-4-7-10-13-16-19-22-25-28-31-34-37-40-43-46-49-52-55-64(68)73-59-63(77-66(70)57-54-51-48-45-42-39-36-33-30-27-24-21-18-15-12-9-6-3)61-75-78(71,72)74-60-62(58-67)76-65(69)56-53-50-47-44-41-38-35-32-29-26-23-20-17-14-11-8-5-2/h7,9-10,12,16,18-19,21,25,27-28,30,34,36-37,39,43,46,62-63,67H,4-6,8,11,13-15,17,20,22-24,26,29,31-33,35,38,40-42,44-45,47-61H2,1-3H3,(H,71,72)/b10-7-,12-9-,19-16-,21-18-,28-25-,30-27-,37-34-,39-36-,46-43-. The van der Waals surface area contributed by atoms with Crippen LogP contribution >= 0.6 is 7.82 Å². The number of phosphoric ester groups is 1. The Morgan fingerprint density at radius 2 is 0.679 bits per heavy atom. The number of aliphatic hydroxyl groups excluding tert-OH is 1. The number of esters is 3. The third-order valence-corrected chi connectivity index (χ3v) is 13.6. The van der Waals surface area contributed by atoms with E-state index in [1.165, 1.54) is 83.5 Å². The summed E-state index contributed by atoms with van der Waals surface area (Å²) in [7, 11) is -4.78. The Hall–Kier alpha value is -3.86. The molecule has 3 unspecified atom stereocenters. The first-order chi connectivity index (χ1) is 38.2. The number of aliphatic hydroxyl groups is 1. The molecule has 0 fully saturated rings. The zero-order chi connectivity index (χ0) is 56.9. The van der Waals surface area contributed by atoms with Crippen LogP contribution in [-0.4, -0.2) is 66.5 Å². The van der Waals surface area contributed by atoms with Crippen molar-refractivity contribution >= 4 is 25.7 Å². The highest BCUT2D eigenvalue weighted by molar-refractivity contribution is 7.47. The minimum Gasteiger partial charge on any atom is -0.462 e. The molecule has 0 radical (unpaired) electrons. The number of unbranched alkanes of at least 4 members (excludes halogenated alkanes) is 21. The first kappa shape index (κ1) is 74.1. The molecule has 0 spiro atoms. The van der Waals surface area contributed by atoms with Gasteiger partial charge in [0, 0.05) is 19.3 Å². The molecule has 0 saturated heterocycles. The van der Waals surface area contributed by atoms with Crippen LogP contribution in [0.2, 0.25) is 0 Å². The van der Waals surface area contributed by atoms with E-state index >= 15 is 0 Å². The van der Waals surface area contributed by atoms with Gasteiger partial charge in [0.05, 0.1) is 19.8 Å². The summed E-state index contributed by atoms with van der Waals surface area (Å²) in [6.07, 6.45) is 71.9. The number of phosphoric acid groups is 1. The first-order valence-corrected chi connectivity index (χ1v) is 32.3. The number of hydrogen-bond acceptors (Lipinski definition) is 10. The fourth-order valence-corrected chi connectivity index (χ4v) is 8.87. The highest BCUT2D eigenvalue weighted by Crippen LogP contribution is 2.43. The lowest BCUT2D eigenvalue weighted by Crippen LogP contribution is -2.30. The minimum atomic E-state index is -4.78. The van der Waals surface area contributed by atoms with E-state index in [1.54, 1.807) is 0 Å². The summed E-state index contributed by atoms with van der Waals surface area (Å²) in [5.41, 5.74) is 0. The zero-order valence-corrected chi connectivity index (χ0v) is 50.2. The second-order valence-corrected chi connectivity index (χ2v) is 21.6. The maximum atomic E-state index is 12.9. The molecule has 2 N–H and O–H groups in total. The van der Waals surface area contributed by atoms with Crippen LogP contribution < -0.4 is 0 Å². The van der Waals surface area contributed by atoms with Crippen molar-refractivity contribution in [1.29, 1.82) is 0 Å². The smallest absolute Gasteiger partial charge is 0.462 e. The number of hydrogen-bond donors (Lipinski definition) is 2. The Balaban J connectivity index is 4.81. The third-order valence-electron chi connectivity index (χ3n) is 12.7. The van der Waals surface area contributed by atoms with Crippen LogP contribution in [0.3, 0.4) is 0 Å². The van der Waals surface area contributed by atoms with Gasteiger partial charge in [-0.05, 0) is 96.3 Å². The van der Waals surface area contributed by atoms with Gasteiger partial charge in [0.15, 0.2) is 6.10 Å². The Kier molecular flexibility index (Phi) is 56.3. The SMILES string of the molecule is CC/C=C\C/C=C\C/C=C\C/C=C\C/C=C\CCCC(=O)OCC(COP(=O)(O)OCC(CO)OC(=O)CCCCCCCCCCCCCCCCCCC)OC(=O)CCCCCC/C=C\C/C=C\C/C=C\C/C=C\CC. The molecule has 0 aliphatic carbocycles. The second-order valence-electron chi connectivity index (χ2n) is 20.1. The molecular formula is C66H111O11P. The van der Waals surface area contributed by atoms with Gasteiger partial charge in [0.1, 0.15) is 12.7 Å². The van der Waals surface area contributed by atoms with Crippen LogP contribution in [0.1, 0.15) is 252 Å². The molecular weight excluding hydrogens is 1000 g/mol. The predicted octanol–water partition coefficient (Wildman–Crippen LogP) is 18.6. The lowest BCUT2D eigenvalue weighted by Gasteiger charge is -2.21. The van der Waals surface area contributed by atoms with E-state index in [1.807, 2.05) is 6.08 Å². The van der Waals surface area contributed by atoms with E-state index < -0.39 is 57.8 Å². The summed E-state index contributed by atoms with van der Waals surface area (Å²) in [6.45, 7) is 4.35.